The number of allylic oxidation sites excluding steroid dienone is 2. The average molecular weight is 313 g/mol. The van der Waals surface area contributed by atoms with Crippen LogP contribution in [0.3, 0.4) is 0 Å². The lowest BCUT2D eigenvalue weighted by Crippen LogP contribution is -2.30. The molecule has 0 bridgehead atoms. The molecule has 0 fully saturated rings. The number of hydrogen-bond acceptors (Lipinski definition) is 5. The number of carbonyl (C=O) groups is 1. The van der Waals surface area contributed by atoms with Crippen molar-refractivity contribution in [3.05, 3.63) is 35.9 Å². The van der Waals surface area contributed by atoms with Gasteiger partial charge in [-0.25, -0.2) is 5.90 Å². The van der Waals surface area contributed by atoms with Crippen LogP contribution in [0, 0.1) is 0 Å². The number of methoxy groups -OCH3 is 1. The zero-order valence-electron chi connectivity index (χ0n) is 12.8. The van der Waals surface area contributed by atoms with Gasteiger partial charge in [0.2, 0.25) is 0 Å². The third-order valence-corrected chi connectivity index (χ3v) is 4.05. The van der Waals surface area contributed by atoms with Crippen LogP contribution in [0.25, 0.3) is 0 Å². The molecule has 0 heterocycles. The van der Waals surface area contributed by atoms with Crippen molar-refractivity contribution in [2.75, 3.05) is 7.11 Å². The highest BCUT2D eigenvalue weighted by molar-refractivity contribution is 8.01. The fourth-order valence-corrected chi connectivity index (χ4v) is 2.52. The molecule has 0 saturated carbocycles. The second kappa shape index (κ2) is 9.44. The smallest absolute Gasteiger partial charge is 0.320 e. The molecule has 1 atom stereocenters. The van der Waals surface area contributed by atoms with E-state index in [2.05, 4.69) is 5.90 Å². The highest BCUT2D eigenvalue weighted by Crippen LogP contribution is 2.37. The molecule has 0 radical (unpaired) electrons. The van der Waals surface area contributed by atoms with Crippen LogP contribution in [0.2, 0.25) is 0 Å². The molecular weight excluding hydrogens is 290 g/mol. The van der Waals surface area contributed by atoms with E-state index in [1.807, 2.05) is 44.2 Å². The van der Waals surface area contributed by atoms with Gasteiger partial charge in [-0.3, -0.25) is 4.79 Å². The van der Waals surface area contributed by atoms with Crippen molar-refractivity contribution in [2.45, 2.75) is 36.8 Å². The summed E-state index contributed by atoms with van der Waals surface area (Å²) in [5, 5.41) is 15.9. The fraction of sp³-hybridized carbons (Fsp3) is 0.400. The molecule has 21 heavy (non-hydrogen) atoms. The Morgan fingerprint density at radius 1 is 1.33 bits per heavy atom. The molecule has 1 aromatic rings. The van der Waals surface area contributed by atoms with Crippen LogP contribution < -0.4 is 10.6 Å². The first-order chi connectivity index (χ1) is 9.87. The van der Waals surface area contributed by atoms with Crippen LogP contribution in [0.4, 0.5) is 0 Å². The number of ether oxygens (including phenoxy) is 1. The maximum Gasteiger partial charge on any atom is 0.320 e. The molecule has 0 amide bonds. The summed E-state index contributed by atoms with van der Waals surface area (Å²) < 4.78 is 4.24. The third-order valence-electron chi connectivity index (χ3n) is 2.75. The van der Waals surface area contributed by atoms with Gasteiger partial charge in [-0.2, -0.15) is 0 Å². The number of hydrogen-bond donors (Lipinski definition) is 3. The van der Waals surface area contributed by atoms with Gasteiger partial charge in [0.15, 0.2) is 0 Å². The fourth-order valence-electron chi connectivity index (χ4n) is 1.48. The van der Waals surface area contributed by atoms with E-state index in [4.69, 9.17) is 9.94 Å². The Morgan fingerprint density at radius 3 is 2.24 bits per heavy atom. The van der Waals surface area contributed by atoms with Crippen LogP contribution in [-0.4, -0.2) is 28.1 Å². The van der Waals surface area contributed by atoms with Crippen molar-refractivity contribution in [1.29, 1.82) is 0 Å². The number of carboxylic acids is 1. The van der Waals surface area contributed by atoms with Gasteiger partial charge in [-0.05, 0) is 51.5 Å². The monoisotopic (exact) mass is 313 g/mol. The summed E-state index contributed by atoms with van der Waals surface area (Å²) in [6.45, 7) is 5.70. The minimum atomic E-state index is -0.855. The molecule has 6 heteroatoms. The molecule has 0 saturated heterocycles. The molecule has 1 aromatic carbocycles. The Morgan fingerprint density at radius 2 is 1.86 bits per heavy atom. The molecule has 0 spiro atoms. The summed E-state index contributed by atoms with van der Waals surface area (Å²) in [7, 11) is 1.61. The number of nitrogens with two attached hydrogens (primary N) is 1. The molecule has 0 aliphatic rings. The third kappa shape index (κ3) is 6.66. The van der Waals surface area contributed by atoms with Crippen LogP contribution in [0.5, 0.6) is 5.75 Å². The van der Waals surface area contributed by atoms with Crippen molar-refractivity contribution in [1.82, 2.24) is 0 Å². The van der Waals surface area contributed by atoms with E-state index in [0.29, 0.717) is 6.42 Å². The summed E-state index contributed by atoms with van der Waals surface area (Å²) >= 11 is 1.36. The molecule has 0 aromatic heterocycles. The van der Waals surface area contributed by atoms with E-state index in [9.17, 15) is 9.90 Å². The van der Waals surface area contributed by atoms with Crippen molar-refractivity contribution in [3.63, 3.8) is 0 Å². The Labute approximate surface area is 129 Å². The Kier molecular flexibility index (Phi) is 8.76. The number of thioether (sulfide) groups is 1. The first-order valence-corrected chi connectivity index (χ1v) is 7.14. The zero-order chi connectivity index (χ0) is 16.5. The van der Waals surface area contributed by atoms with Gasteiger partial charge in [0.05, 0.1) is 7.11 Å². The minimum Gasteiger partial charge on any atom is -0.497 e. The SMILES string of the molecule is COc1ccc(SC(C)(CC=C(C)C)C(=O)O)cc1.NO. The van der Waals surface area contributed by atoms with Crippen molar-refractivity contribution >= 4 is 17.7 Å². The summed E-state index contributed by atoms with van der Waals surface area (Å²) in [6, 6.07) is 7.44. The average Bonchev–Trinajstić information content (AvgIpc) is 2.48. The highest BCUT2D eigenvalue weighted by Gasteiger charge is 2.33. The zero-order valence-corrected chi connectivity index (χ0v) is 13.6. The summed E-state index contributed by atoms with van der Waals surface area (Å²) in [6.07, 6.45) is 2.46. The molecule has 5 nitrogen and oxygen atoms in total. The minimum absolute atomic E-state index is 0.501. The maximum atomic E-state index is 11.5. The Hall–Kier alpha value is -1.50. The predicted molar refractivity (Wildman–Crippen MR) is 84.9 cm³/mol. The lowest BCUT2D eigenvalue weighted by molar-refractivity contribution is -0.139. The molecular formula is C15H23NO4S. The topological polar surface area (TPSA) is 92.8 Å². The normalized spacial score (nSPS) is 12.5. The van der Waals surface area contributed by atoms with Crippen LogP contribution in [0.1, 0.15) is 27.2 Å². The van der Waals surface area contributed by atoms with E-state index in [1.165, 1.54) is 11.8 Å². The van der Waals surface area contributed by atoms with Crippen LogP contribution >= 0.6 is 11.8 Å². The Balaban J connectivity index is 0.00000191. The second-order valence-electron chi connectivity index (χ2n) is 4.80. The van der Waals surface area contributed by atoms with Crippen molar-refractivity contribution < 1.29 is 19.8 Å². The number of aliphatic carboxylic acids is 1. The summed E-state index contributed by atoms with van der Waals surface area (Å²) in [5.74, 6) is 3.47. The first-order valence-electron chi connectivity index (χ1n) is 6.33. The van der Waals surface area contributed by atoms with E-state index in [0.717, 1.165) is 16.2 Å². The Bertz CT molecular complexity index is 469. The van der Waals surface area contributed by atoms with E-state index >= 15 is 0 Å². The largest absolute Gasteiger partial charge is 0.497 e. The lowest BCUT2D eigenvalue weighted by Gasteiger charge is -2.23. The molecule has 1 rings (SSSR count). The quantitative estimate of drug-likeness (QED) is 0.424. The lowest BCUT2D eigenvalue weighted by atomic mass is 10.1. The number of rotatable bonds is 6. The van der Waals surface area contributed by atoms with E-state index in [1.54, 1.807) is 14.0 Å². The van der Waals surface area contributed by atoms with Crippen molar-refractivity contribution in [3.8, 4) is 5.75 Å². The summed E-state index contributed by atoms with van der Waals surface area (Å²) in [4.78, 5) is 12.4. The second-order valence-corrected chi connectivity index (χ2v) is 6.38. The molecule has 118 valence electrons. The van der Waals surface area contributed by atoms with Gasteiger partial charge in [0.25, 0.3) is 0 Å². The van der Waals surface area contributed by atoms with Crippen molar-refractivity contribution in [2.24, 2.45) is 5.90 Å². The van der Waals surface area contributed by atoms with Crippen LogP contribution in [0.15, 0.2) is 40.8 Å². The van der Waals surface area contributed by atoms with Gasteiger partial charge in [0.1, 0.15) is 10.5 Å². The standard InChI is InChI=1S/C15H20O3S.H3NO/c1-11(2)9-10-15(3,14(16)17)19-13-7-5-12(18-4)6-8-13;1-2/h5-9H,10H2,1-4H3,(H,16,17);2H,1H2. The molecule has 0 aliphatic heterocycles. The van der Waals surface area contributed by atoms with Gasteiger partial charge in [-0.15, -0.1) is 11.8 Å². The van der Waals surface area contributed by atoms with E-state index in [-0.39, 0.29) is 0 Å². The van der Waals surface area contributed by atoms with Gasteiger partial charge in [-0.1, -0.05) is 11.6 Å². The maximum absolute atomic E-state index is 11.5. The molecule has 1 unspecified atom stereocenters. The van der Waals surface area contributed by atoms with Crippen LogP contribution in [-0.2, 0) is 4.79 Å². The van der Waals surface area contributed by atoms with Gasteiger partial charge < -0.3 is 15.1 Å². The molecule has 0 aliphatic carbocycles. The summed E-state index contributed by atoms with van der Waals surface area (Å²) in [5.41, 5.74) is 1.13. The predicted octanol–water partition coefficient (Wildman–Crippen LogP) is 3.32. The van der Waals surface area contributed by atoms with E-state index < -0.39 is 10.7 Å². The highest BCUT2D eigenvalue weighted by atomic mass is 32.2. The number of benzene rings is 1. The van der Waals surface area contributed by atoms with Gasteiger partial charge in [0, 0.05) is 4.90 Å². The first kappa shape index (κ1) is 19.5. The van der Waals surface area contributed by atoms with Gasteiger partial charge >= 0.3 is 5.97 Å². The molecule has 4 N–H and O–H groups in total. The number of carboxylic acid groups (broad SMARTS) is 1.